The van der Waals surface area contributed by atoms with Crippen LogP contribution >= 0.6 is 11.3 Å². The Hall–Kier alpha value is -2.09. The van der Waals surface area contributed by atoms with E-state index >= 15 is 0 Å². The molecule has 1 aromatic rings. The third-order valence-corrected chi connectivity index (χ3v) is 3.02. The van der Waals surface area contributed by atoms with Crippen molar-refractivity contribution in [1.29, 1.82) is 0 Å². The molecule has 0 aliphatic rings. The number of methoxy groups -OCH3 is 1. The van der Waals surface area contributed by atoms with Gasteiger partial charge >= 0.3 is 18.0 Å². The van der Waals surface area contributed by atoms with Gasteiger partial charge in [-0.2, -0.15) is 0 Å². The van der Waals surface area contributed by atoms with E-state index < -0.39 is 12.0 Å². The highest BCUT2D eigenvalue weighted by Gasteiger charge is 2.13. The lowest BCUT2D eigenvalue weighted by Gasteiger charge is -2.06. The highest BCUT2D eigenvalue weighted by molar-refractivity contribution is 7.14. The first-order chi connectivity index (χ1) is 9.04. The number of nitrogens with one attached hydrogen (secondary N) is 2. The van der Waals surface area contributed by atoms with E-state index in [4.69, 9.17) is 5.11 Å². The lowest BCUT2D eigenvalue weighted by atomic mass is 10.3. The van der Waals surface area contributed by atoms with Gasteiger partial charge in [-0.3, -0.25) is 10.1 Å². The number of amides is 2. The average molecular weight is 286 g/mol. The molecule has 0 aromatic carbocycles. The number of esters is 1. The van der Waals surface area contributed by atoms with Gasteiger partial charge in [0, 0.05) is 13.0 Å². The van der Waals surface area contributed by atoms with Gasteiger partial charge in [0.05, 0.1) is 12.7 Å². The van der Waals surface area contributed by atoms with Crippen molar-refractivity contribution in [2.75, 3.05) is 19.0 Å². The standard InChI is InChI=1S/C11H14N2O5S/c1-18-8(14)3-2-5-12-11(17)13-9-7(10(15)16)4-6-19-9/h4,6H,2-3,5H2,1H3,(H,15,16)(H2,12,13,17). The van der Waals surface area contributed by atoms with E-state index in [-0.39, 0.29) is 23.0 Å². The summed E-state index contributed by atoms with van der Waals surface area (Å²) in [5.41, 5.74) is 0.0507. The molecule has 0 saturated carbocycles. The molecule has 0 spiro atoms. The maximum absolute atomic E-state index is 11.5. The second-order valence-corrected chi connectivity index (χ2v) is 4.45. The second-order valence-electron chi connectivity index (χ2n) is 3.53. The molecule has 0 atom stereocenters. The van der Waals surface area contributed by atoms with E-state index in [0.29, 0.717) is 13.0 Å². The van der Waals surface area contributed by atoms with Crippen molar-refractivity contribution in [2.24, 2.45) is 0 Å². The fourth-order valence-corrected chi connectivity index (χ4v) is 2.03. The maximum Gasteiger partial charge on any atom is 0.338 e. The molecule has 104 valence electrons. The molecule has 7 nitrogen and oxygen atoms in total. The van der Waals surface area contributed by atoms with E-state index in [1.54, 1.807) is 5.38 Å². The Morgan fingerprint density at radius 2 is 2.16 bits per heavy atom. The van der Waals surface area contributed by atoms with Gasteiger partial charge in [-0.15, -0.1) is 11.3 Å². The maximum atomic E-state index is 11.5. The first-order valence-corrected chi connectivity index (χ1v) is 6.35. The highest BCUT2D eigenvalue weighted by atomic mass is 32.1. The zero-order chi connectivity index (χ0) is 14.3. The number of carboxylic acids is 1. The Balaban J connectivity index is 2.33. The number of carboxylic acid groups (broad SMARTS) is 1. The Labute approximate surface area is 113 Å². The predicted molar refractivity (Wildman–Crippen MR) is 69.5 cm³/mol. The predicted octanol–water partition coefficient (Wildman–Crippen LogP) is 1.52. The molecular weight excluding hydrogens is 272 g/mol. The van der Waals surface area contributed by atoms with E-state index in [1.807, 2.05) is 0 Å². The number of rotatable bonds is 6. The summed E-state index contributed by atoms with van der Waals surface area (Å²) in [6.45, 7) is 0.300. The molecule has 0 fully saturated rings. The van der Waals surface area contributed by atoms with Crippen molar-refractivity contribution in [3.63, 3.8) is 0 Å². The van der Waals surface area contributed by atoms with Crippen molar-refractivity contribution >= 4 is 34.3 Å². The molecule has 0 aliphatic carbocycles. The summed E-state index contributed by atoms with van der Waals surface area (Å²) in [5.74, 6) is -1.43. The molecule has 8 heteroatoms. The van der Waals surface area contributed by atoms with Crippen LogP contribution in [0.4, 0.5) is 9.80 Å². The van der Waals surface area contributed by atoms with Gasteiger partial charge < -0.3 is 15.2 Å². The third-order valence-electron chi connectivity index (χ3n) is 2.19. The minimum absolute atomic E-state index is 0.0507. The molecule has 19 heavy (non-hydrogen) atoms. The number of hydrogen-bond acceptors (Lipinski definition) is 5. The summed E-state index contributed by atoms with van der Waals surface area (Å²) in [7, 11) is 1.30. The molecule has 1 aromatic heterocycles. The molecule has 2 amide bonds. The zero-order valence-corrected chi connectivity index (χ0v) is 11.1. The fourth-order valence-electron chi connectivity index (χ4n) is 1.26. The summed E-state index contributed by atoms with van der Waals surface area (Å²) in [5, 5.41) is 15.7. The van der Waals surface area contributed by atoms with Gasteiger partial charge in [0.15, 0.2) is 0 Å². The second kappa shape index (κ2) is 7.37. The van der Waals surface area contributed by atoms with Crippen molar-refractivity contribution < 1.29 is 24.2 Å². The Kier molecular flexibility index (Phi) is 5.80. The summed E-state index contributed by atoms with van der Waals surface area (Å²) in [4.78, 5) is 33.1. The molecular formula is C11H14N2O5S. The molecule has 0 saturated heterocycles. The van der Waals surface area contributed by atoms with Gasteiger partial charge in [0.25, 0.3) is 0 Å². The van der Waals surface area contributed by atoms with Crippen LogP contribution in [0.5, 0.6) is 0 Å². The molecule has 1 rings (SSSR count). The van der Waals surface area contributed by atoms with Crippen LogP contribution in [0.15, 0.2) is 11.4 Å². The number of aromatic carboxylic acids is 1. The number of anilines is 1. The van der Waals surface area contributed by atoms with Crippen LogP contribution in [0.25, 0.3) is 0 Å². The zero-order valence-electron chi connectivity index (χ0n) is 10.3. The van der Waals surface area contributed by atoms with E-state index in [2.05, 4.69) is 15.4 Å². The van der Waals surface area contributed by atoms with Crippen molar-refractivity contribution in [1.82, 2.24) is 5.32 Å². The normalized spacial score (nSPS) is 9.74. The number of carbonyl (C=O) groups is 3. The van der Waals surface area contributed by atoms with Crippen LogP contribution in [0.1, 0.15) is 23.2 Å². The highest BCUT2D eigenvalue weighted by Crippen LogP contribution is 2.22. The minimum Gasteiger partial charge on any atom is -0.478 e. The number of ether oxygens (including phenoxy) is 1. The lowest BCUT2D eigenvalue weighted by molar-refractivity contribution is -0.140. The summed E-state index contributed by atoms with van der Waals surface area (Å²) in [6, 6.07) is 0.912. The smallest absolute Gasteiger partial charge is 0.338 e. The van der Waals surface area contributed by atoms with Gasteiger partial charge in [-0.25, -0.2) is 9.59 Å². The average Bonchev–Trinajstić information content (AvgIpc) is 2.82. The van der Waals surface area contributed by atoms with Crippen LogP contribution in [-0.4, -0.2) is 36.7 Å². The van der Waals surface area contributed by atoms with E-state index in [9.17, 15) is 14.4 Å². The van der Waals surface area contributed by atoms with Crippen LogP contribution in [0.3, 0.4) is 0 Å². The monoisotopic (exact) mass is 286 g/mol. The van der Waals surface area contributed by atoms with Gasteiger partial charge in [0.2, 0.25) is 0 Å². The first-order valence-electron chi connectivity index (χ1n) is 5.47. The fraction of sp³-hybridized carbons (Fsp3) is 0.364. The van der Waals surface area contributed by atoms with Gasteiger partial charge in [0.1, 0.15) is 5.00 Å². The van der Waals surface area contributed by atoms with Crippen LogP contribution in [-0.2, 0) is 9.53 Å². The number of thiophene rings is 1. The van der Waals surface area contributed by atoms with Crippen molar-refractivity contribution in [2.45, 2.75) is 12.8 Å². The number of urea groups is 1. The molecule has 0 bridgehead atoms. The summed E-state index contributed by atoms with van der Waals surface area (Å²) in [6.07, 6.45) is 0.673. The molecule has 0 aliphatic heterocycles. The first kappa shape index (κ1) is 15.0. The quantitative estimate of drug-likeness (QED) is 0.543. The minimum atomic E-state index is -1.10. The van der Waals surface area contributed by atoms with Crippen LogP contribution < -0.4 is 10.6 Å². The molecule has 0 unspecified atom stereocenters. The van der Waals surface area contributed by atoms with Crippen LogP contribution in [0.2, 0.25) is 0 Å². The summed E-state index contributed by atoms with van der Waals surface area (Å²) >= 11 is 1.13. The SMILES string of the molecule is COC(=O)CCCNC(=O)Nc1sccc1C(=O)O. The number of hydrogen-bond donors (Lipinski definition) is 3. The van der Waals surface area contributed by atoms with Gasteiger partial charge in [-0.05, 0) is 17.9 Å². The Morgan fingerprint density at radius 3 is 2.79 bits per heavy atom. The molecule has 3 N–H and O–H groups in total. The topological polar surface area (TPSA) is 105 Å². The molecule has 0 radical (unpaired) electrons. The van der Waals surface area contributed by atoms with Gasteiger partial charge in [-0.1, -0.05) is 0 Å². The third kappa shape index (κ3) is 4.96. The van der Waals surface area contributed by atoms with E-state index in [1.165, 1.54) is 13.2 Å². The van der Waals surface area contributed by atoms with Crippen molar-refractivity contribution in [3.8, 4) is 0 Å². The largest absolute Gasteiger partial charge is 0.478 e. The van der Waals surface area contributed by atoms with E-state index in [0.717, 1.165) is 11.3 Å². The van der Waals surface area contributed by atoms with Crippen molar-refractivity contribution in [3.05, 3.63) is 17.0 Å². The lowest BCUT2D eigenvalue weighted by Crippen LogP contribution is -2.30. The Morgan fingerprint density at radius 1 is 1.42 bits per heavy atom. The summed E-state index contributed by atoms with van der Waals surface area (Å²) < 4.78 is 4.45. The Bertz CT molecular complexity index is 471. The number of carbonyl (C=O) groups excluding carboxylic acids is 2. The molecule has 1 heterocycles. The van der Waals surface area contributed by atoms with Crippen LogP contribution in [0, 0.1) is 0 Å².